The van der Waals surface area contributed by atoms with Crippen LogP contribution >= 0.6 is 0 Å². The average Bonchev–Trinajstić information content (AvgIpc) is 1.83. The van der Waals surface area contributed by atoms with Gasteiger partial charge in [-0.3, -0.25) is 10.5 Å². The summed E-state index contributed by atoms with van der Waals surface area (Å²) < 4.78 is 18.1. The van der Waals surface area contributed by atoms with Crippen molar-refractivity contribution < 1.29 is 12.3 Å². The van der Waals surface area contributed by atoms with Gasteiger partial charge in [-0.25, -0.2) is 0 Å². The molecule has 9 heavy (non-hydrogen) atoms. The summed E-state index contributed by atoms with van der Waals surface area (Å²) in [6, 6.07) is 0. The minimum atomic E-state index is -1.75. The van der Waals surface area contributed by atoms with Gasteiger partial charge < -0.3 is 10.5 Å². The molecule has 54 valence electrons. The molecule has 0 bridgehead atoms. The molecule has 0 aromatic carbocycles. The fraction of sp³-hybridized carbons (Fsp3) is 0.800. The van der Waals surface area contributed by atoms with E-state index in [1.165, 1.54) is 0 Å². The Bertz CT molecular complexity index is 126. The van der Waals surface area contributed by atoms with Gasteiger partial charge in [-0.05, 0) is 19.3 Å². The molecule has 4 N–H and O–H groups in total. The predicted octanol–water partition coefficient (Wildman–Crippen LogP) is -0.817. The van der Waals surface area contributed by atoms with E-state index in [2.05, 4.69) is 4.74 Å². The summed E-state index contributed by atoms with van der Waals surface area (Å²) in [7, 11) is 0. The Labute approximate surface area is 57.0 Å². The number of ether oxygens (including phenoxy) is 1. The van der Waals surface area contributed by atoms with Gasteiger partial charge in [0.15, 0.2) is 6.23 Å². The normalized spacial score (nSPS) is 17.6. The van der Waals surface area contributed by atoms with E-state index in [-0.39, 0.29) is 19.3 Å². The molecule has 0 aromatic rings. The smallest absolute Gasteiger partial charge is 0.294 e. The Kier molecular flexibility index (Phi) is 3.19. The summed E-state index contributed by atoms with van der Waals surface area (Å²) in [6.45, 7) is -1.51. The first-order chi connectivity index (χ1) is 4.95. The van der Waals surface area contributed by atoms with Crippen molar-refractivity contribution in [3.05, 3.63) is 0 Å². The molecule has 0 rings (SSSR count). The van der Waals surface area contributed by atoms with Crippen LogP contribution in [0.4, 0.5) is 0 Å². The summed E-state index contributed by atoms with van der Waals surface area (Å²) in [5.41, 5.74) is 10.2. The largest absolute Gasteiger partial charge is 0.449 e. The maximum absolute atomic E-state index is 9.71. The standard InChI is InChI=1S/C5H12N2O2/c6-3-1-2-5(7)9-4-8/h4-5H,1-3,6-7H2/t5-/m1/s1/i3D2. The van der Waals surface area contributed by atoms with Gasteiger partial charge in [0.2, 0.25) is 0 Å². The molecule has 0 aromatic heterocycles. The van der Waals surface area contributed by atoms with Gasteiger partial charge in [0.1, 0.15) is 0 Å². The highest BCUT2D eigenvalue weighted by Gasteiger charge is 1.98. The maximum atomic E-state index is 9.71. The molecule has 4 nitrogen and oxygen atoms in total. The molecular weight excluding hydrogens is 120 g/mol. The van der Waals surface area contributed by atoms with Crippen molar-refractivity contribution >= 4 is 6.47 Å². The second kappa shape index (κ2) is 5.53. The Hall–Kier alpha value is -0.610. The summed E-state index contributed by atoms with van der Waals surface area (Å²) >= 11 is 0. The molecule has 0 fully saturated rings. The Morgan fingerprint density at radius 2 is 2.56 bits per heavy atom. The number of hydrogen-bond donors (Lipinski definition) is 2. The molecule has 0 amide bonds. The predicted molar refractivity (Wildman–Crippen MR) is 33.4 cm³/mol. The molecule has 0 radical (unpaired) electrons. The zero-order valence-corrected chi connectivity index (χ0v) is 5.04. The van der Waals surface area contributed by atoms with E-state index < -0.39 is 12.7 Å². The molecule has 0 unspecified atom stereocenters. The topological polar surface area (TPSA) is 78.3 Å². The highest BCUT2D eigenvalue weighted by Crippen LogP contribution is 1.91. The lowest BCUT2D eigenvalue weighted by molar-refractivity contribution is -0.133. The molecule has 0 spiro atoms. The van der Waals surface area contributed by atoms with Gasteiger partial charge in [0.05, 0.1) is 0 Å². The summed E-state index contributed by atoms with van der Waals surface area (Å²) in [4.78, 5) is 9.71. The van der Waals surface area contributed by atoms with E-state index >= 15 is 0 Å². The van der Waals surface area contributed by atoms with Gasteiger partial charge in [0, 0.05) is 2.74 Å². The highest BCUT2D eigenvalue weighted by molar-refractivity contribution is 5.37. The lowest BCUT2D eigenvalue weighted by Gasteiger charge is -2.06. The van der Waals surface area contributed by atoms with Crippen LogP contribution in [0.25, 0.3) is 0 Å². The summed E-state index contributed by atoms with van der Waals surface area (Å²) in [5.74, 6) is 0. The third-order valence-corrected chi connectivity index (χ3v) is 0.804. The van der Waals surface area contributed by atoms with Crippen molar-refractivity contribution in [2.24, 2.45) is 11.5 Å². The third-order valence-electron chi connectivity index (χ3n) is 0.804. The monoisotopic (exact) mass is 134 g/mol. The van der Waals surface area contributed by atoms with Crippen LogP contribution in [0.2, 0.25) is 0 Å². The van der Waals surface area contributed by atoms with Crippen molar-refractivity contribution in [1.82, 2.24) is 0 Å². The van der Waals surface area contributed by atoms with Crippen molar-refractivity contribution in [3.8, 4) is 0 Å². The number of hydrogen-bond acceptors (Lipinski definition) is 4. The minimum Gasteiger partial charge on any atom is -0.449 e. The second-order valence-corrected chi connectivity index (χ2v) is 1.51. The van der Waals surface area contributed by atoms with Crippen LogP contribution in [-0.4, -0.2) is 19.2 Å². The van der Waals surface area contributed by atoms with Crippen LogP contribution in [0.15, 0.2) is 0 Å². The van der Waals surface area contributed by atoms with E-state index in [1.807, 2.05) is 0 Å². The zero-order valence-electron chi connectivity index (χ0n) is 7.04. The van der Waals surface area contributed by atoms with E-state index in [1.54, 1.807) is 0 Å². The summed E-state index contributed by atoms with van der Waals surface area (Å²) in [6.07, 6.45) is -0.462. The average molecular weight is 134 g/mol. The Morgan fingerprint density at radius 3 is 3.00 bits per heavy atom. The molecule has 4 heteroatoms. The van der Waals surface area contributed by atoms with Crippen LogP contribution in [0.3, 0.4) is 0 Å². The summed E-state index contributed by atoms with van der Waals surface area (Å²) in [5, 5.41) is 0. The fourth-order valence-corrected chi connectivity index (χ4v) is 0.365. The Morgan fingerprint density at radius 1 is 1.89 bits per heavy atom. The molecule has 0 heterocycles. The molecule has 0 aliphatic heterocycles. The SMILES string of the molecule is [2H]C([2H])(N)CC[C@H](N)OC=O. The van der Waals surface area contributed by atoms with E-state index in [0.717, 1.165) is 0 Å². The zero-order chi connectivity index (χ0) is 8.91. The van der Waals surface area contributed by atoms with E-state index in [0.29, 0.717) is 0 Å². The molecular formula is C5H12N2O2. The second-order valence-electron chi connectivity index (χ2n) is 1.51. The first kappa shape index (κ1) is 5.20. The number of rotatable bonds is 5. The molecule has 0 aliphatic carbocycles. The lowest BCUT2D eigenvalue weighted by Crippen LogP contribution is -2.23. The van der Waals surface area contributed by atoms with Crippen LogP contribution in [0.5, 0.6) is 0 Å². The van der Waals surface area contributed by atoms with Gasteiger partial charge in [-0.15, -0.1) is 0 Å². The van der Waals surface area contributed by atoms with Gasteiger partial charge in [0.25, 0.3) is 6.47 Å². The first-order valence-corrected chi connectivity index (χ1v) is 2.59. The lowest BCUT2D eigenvalue weighted by atomic mass is 10.3. The van der Waals surface area contributed by atoms with Gasteiger partial charge in [-0.2, -0.15) is 0 Å². The van der Waals surface area contributed by atoms with Crippen molar-refractivity contribution in [1.29, 1.82) is 0 Å². The molecule has 0 saturated heterocycles. The fourth-order valence-electron chi connectivity index (χ4n) is 0.365. The number of nitrogens with two attached hydrogens (primary N) is 2. The first-order valence-electron chi connectivity index (χ1n) is 3.59. The van der Waals surface area contributed by atoms with Crippen LogP contribution in [-0.2, 0) is 9.53 Å². The maximum Gasteiger partial charge on any atom is 0.294 e. The number of carbonyl (C=O) groups excluding carboxylic acids is 1. The number of carbonyl (C=O) groups is 1. The van der Waals surface area contributed by atoms with E-state index in [4.69, 9.17) is 14.2 Å². The van der Waals surface area contributed by atoms with Crippen molar-refractivity contribution in [2.75, 3.05) is 6.50 Å². The van der Waals surface area contributed by atoms with E-state index in [9.17, 15) is 4.79 Å². The van der Waals surface area contributed by atoms with Crippen molar-refractivity contribution in [3.63, 3.8) is 0 Å². The minimum absolute atomic E-state index is 0.0714. The van der Waals surface area contributed by atoms with Crippen molar-refractivity contribution in [2.45, 2.75) is 19.1 Å². The quantitative estimate of drug-likeness (QED) is 0.380. The Balaban J connectivity index is 3.45. The van der Waals surface area contributed by atoms with Crippen LogP contribution in [0.1, 0.15) is 15.6 Å². The van der Waals surface area contributed by atoms with Gasteiger partial charge >= 0.3 is 0 Å². The van der Waals surface area contributed by atoms with Gasteiger partial charge in [-0.1, -0.05) is 0 Å². The van der Waals surface area contributed by atoms with Crippen LogP contribution in [0, 0.1) is 0 Å². The highest BCUT2D eigenvalue weighted by atomic mass is 16.5. The molecule has 0 aliphatic rings. The third kappa shape index (κ3) is 5.26. The molecule has 1 atom stereocenters. The molecule has 0 saturated carbocycles. The van der Waals surface area contributed by atoms with Crippen LogP contribution < -0.4 is 11.5 Å².